The fourth-order valence-corrected chi connectivity index (χ4v) is 2.37. The molecule has 29 heavy (non-hydrogen) atoms. The summed E-state index contributed by atoms with van der Waals surface area (Å²) in [5.41, 5.74) is 1.21. The predicted molar refractivity (Wildman–Crippen MR) is 106 cm³/mol. The second kappa shape index (κ2) is 8.61. The number of amides is 2. The van der Waals surface area contributed by atoms with E-state index in [4.69, 9.17) is 4.74 Å². The monoisotopic (exact) mass is 392 g/mol. The predicted octanol–water partition coefficient (Wildman–Crippen LogP) is 3.88. The van der Waals surface area contributed by atoms with Gasteiger partial charge in [-0.2, -0.15) is 0 Å². The van der Waals surface area contributed by atoms with E-state index in [-0.39, 0.29) is 17.1 Å². The van der Waals surface area contributed by atoms with Crippen molar-refractivity contribution in [2.45, 2.75) is 0 Å². The van der Waals surface area contributed by atoms with Gasteiger partial charge in [-0.15, -0.1) is 0 Å². The Labute approximate surface area is 165 Å². The molecule has 1 N–H and O–H groups in total. The smallest absolute Gasteiger partial charge is 0.391 e. The third-order valence-corrected chi connectivity index (χ3v) is 3.94. The number of carbonyl (C=O) groups is 2. The van der Waals surface area contributed by atoms with Crippen LogP contribution in [-0.2, 0) is 0 Å². The molecule has 9 nitrogen and oxygen atoms in total. The maximum absolute atomic E-state index is 12.2. The third-order valence-electron chi connectivity index (χ3n) is 3.94. The van der Waals surface area contributed by atoms with Crippen molar-refractivity contribution in [3.8, 4) is 5.88 Å². The highest BCUT2D eigenvalue weighted by Crippen LogP contribution is 2.17. The average molecular weight is 392 g/mol. The van der Waals surface area contributed by atoms with E-state index in [0.29, 0.717) is 11.4 Å². The summed E-state index contributed by atoms with van der Waals surface area (Å²) in [6.07, 6.45) is 0.736. The van der Waals surface area contributed by atoms with Crippen LogP contribution in [0.2, 0.25) is 0 Å². The summed E-state index contributed by atoms with van der Waals surface area (Å²) >= 11 is 0. The van der Waals surface area contributed by atoms with Crippen LogP contribution in [0, 0.1) is 10.1 Å². The fraction of sp³-hybridized carbons (Fsp3) is 0.0500. The molecule has 0 radical (unpaired) electrons. The lowest BCUT2D eigenvalue weighted by Gasteiger charge is -2.16. The molecule has 146 valence electrons. The Balaban J connectivity index is 1.60. The lowest BCUT2D eigenvalue weighted by Crippen LogP contribution is -2.29. The highest BCUT2D eigenvalue weighted by atomic mass is 16.6. The molecule has 0 unspecified atom stereocenters. The van der Waals surface area contributed by atoms with Crippen LogP contribution in [0.25, 0.3) is 0 Å². The molecule has 1 aromatic heterocycles. The molecule has 0 aliphatic heterocycles. The summed E-state index contributed by atoms with van der Waals surface area (Å²) in [6.45, 7) is 0. The summed E-state index contributed by atoms with van der Waals surface area (Å²) in [6, 6.07) is 17.2. The quantitative estimate of drug-likeness (QED) is 0.520. The average Bonchev–Trinajstić information content (AvgIpc) is 2.75. The number of nitrogens with one attached hydrogen (secondary N) is 1. The zero-order valence-corrected chi connectivity index (χ0v) is 15.3. The molecule has 0 spiro atoms. The SMILES string of the molecule is CN(C(=O)Oc1ccc(NC(=O)c2ccc([N+](=O)[O-])cc2)cn1)c1ccccc1. The van der Waals surface area contributed by atoms with E-state index in [2.05, 4.69) is 10.3 Å². The molecular formula is C20H16N4O5. The van der Waals surface area contributed by atoms with Crippen molar-refractivity contribution in [1.29, 1.82) is 0 Å². The van der Waals surface area contributed by atoms with Crippen molar-refractivity contribution in [2.24, 2.45) is 0 Å². The van der Waals surface area contributed by atoms with Crippen molar-refractivity contribution >= 4 is 29.1 Å². The Morgan fingerprint density at radius 2 is 1.72 bits per heavy atom. The number of para-hydroxylation sites is 1. The standard InChI is InChI=1S/C20H16N4O5/c1-23(16-5-3-2-4-6-16)20(26)29-18-12-9-15(13-21-18)22-19(25)14-7-10-17(11-8-14)24(27)28/h2-13H,1H3,(H,22,25). The first kappa shape index (κ1) is 19.5. The number of nitro benzene ring substituents is 1. The first-order chi connectivity index (χ1) is 13.9. The minimum absolute atomic E-state index is 0.0751. The van der Waals surface area contributed by atoms with Crippen LogP contribution >= 0.6 is 0 Å². The number of nitro groups is 1. The Hall–Kier alpha value is -4.27. The van der Waals surface area contributed by atoms with Gasteiger partial charge >= 0.3 is 6.09 Å². The highest BCUT2D eigenvalue weighted by molar-refractivity contribution is 6.04. The van der Waals surface area contributed by atoms with Crippen molar-refractivity contribution in [3.05, 3.63) is 88.6 Å². The Morgan fingerprint density at radius 3 is 2.31 bits per heavy atom. The van der Waals surface area contributed by atoms with Gasteiger partial charge in [-0.25, -0.2) is 9.78 Å². The van der Waals surface area contributed by atoms with E-state index >= 15 is 0 Å². The molecule has 0 fully saturated rings. The van der Waals surface area contributed by atoms with Crippen molar-refractivity contribution in [3.63, 3.8) is 0 Å². The largest absolute Gasteiger partial charge is 0.420 e. The van der Waals surface area contributed by atoms with Crippen LogP contribution < -0.4 is 15.0 Å². The van der Waals surface area contributed by atoms with Crippen LogP contribution in [0.15, 0.2) is 72.9 Å². The zero-order chi connectivity index (χ0) is 20.8. The van der Waals surface area contributed by atoms with Gasteiger partial charge in [-0.05, 0) is 30.3 Å². The van der Waals surface area contributed by atoms with Gasteiger partial charge in [0.25, 0.3) is 11.6 Å². The number of non-ortho nitro benzene ring substituents is 1. The van der Waals surface area contributed by atoms with Crippen LogP contribution in [-0.4, -0.2) is 29.0 Å². The van der Waals surface area contributed by atoms with Gasteiger partial charge in [0.15, 0.2) is 0 Å². The normalized spacial score (nSPS) is 10.1. The number of benzene rings is 2. The van der Waals surface area contributed by atoms with E-state index in [1.807, 2.05) is 6.07 Å². The lowest BCUT2D eigenvalue weighted by molar-refractivity contribution is -0.384. The van der Waals surface area contributed by atoms with E-state index in [0.717, 1.165) is 0 Å². The number of anilines is 2. The van der Waals surface area contributed by atoms with Gasteiger partial charge in [-0.1, -0.05) is 18.2 Å². The molecular weight excluding hydrogens is 376 g/mol. The number of rotatable bonds is 5. The molecule has 0 bridgehead atoms. The number of hydrogen-bond acceptors (Lipinski definition) is 6. The summed E-state index contributed by atoms with van der Waals surface area (Å²) in [5, 5.41) is 13.3. The van der Waals surface area contributed by atoms with Gasteiger partial charge in [-0.3, -0.25) is 19.8 Å². The van der Waals surface area contributed by atoms with E-state index < -0.39 is 16.9 Å². The number of carbonyl (C=O) groups excluding carboxylic acids is 2. The van der Waals surface area contributed by atoms with Gasteiger partial charge in [0, 0.05) is 36.5 Å². The lowest BCUT2D eigenvalue weighted by atomic mass is 10.2. The summed E-state index contributed by atoms with van der Waals surface area (Å²) in [5.74, 6) is -0.374. The topological polar surface area (TPSA) is 115 Å². The number of pyridine rings is 1. The second-order valence-electron chi connectivity index (χ2n) is 5.91. The molecule has 2 amide bonds. The van der Waals surface area contributed by atoms with Crippen molar-refractivity contribution < 1.29 is 19.2 Å². The molecule has 3 aromatic rings. The van der Waals surface area contributed by atoms with Crippen LogP contribution in [0.4, 0.5) is 21.9 Å². The molecule has 3 rings (SSSR count). The molecule has 0 saturated carbocycles. The third kappa shape index (κ3) is 4.92. The van der Waals surface area contributed by atoms with E-state index in [1.54, 1.807) is 31.3 Å². The number of ether oxygens (including phenoxy) is 1. The van der Waals surface area contributed by atoms with Crippen molar-refractivity contribution in [2.75, 3.05) is 17.3 Å². The van der Waals surface area contributed by atoms with Crippen LogP contribution in [0.3, 0.4) is 0 Å². The van der Waals surface area contributed by atoms with Gasteiger partial charge < -0.3 is 10.1 Å². The summed E-state index contributed by atoms with van der Waals surface area (Å²) < 4.78 is 5.21. The molecule has 1 heterocycles. The fourth-order valence-electron chi connectivity index (χ4n) is 2.37. The van der Waals surface area contributed by atoms with Crippen LogP contribution in [0.5, 0.6) is 5.88 Å². The first-order valence-corrected chi connectivity index (χ1v) is 8.46. The molecule has 0 aliphatic rings. The second-order valence-corrected chi connectivity index (χ2v) is 5.91. The van der Waals surface area contributed by atoms with Gasteiger partial charge in [0.2, 0.25) is 5.88 Å². The maximum Gasteiger partial charge on any atom is 0.420 e. The maximum atomic E-state index is 12.2. The van der Waals surface area contributed by atoms with Gasteiger partial charge in [0.1, 0.15) is 0 Å². The number of nitrogens with zero attached hydrogens (tertiary/aromatic N) is 3. The Bertz CT molecular complexity index is 1020. The Morgan fingerprint density at radius 1 is 1.03 bits per heavy atom. The molecule has 0 saturated heterocycles. The molecule has 0 atom stereocenters. The minimum atomic E-state index is -0.605. The molecule has 0 aliphatic carbocycles. The zero-order valence-electron chi connectivity index (χ0n) is 15.3. The summed E-state index contributed by atoms with van der Waals surface area (Å²) in [7, 11) is 1.58. The number of aromatic nitrogens is 1. The van der Waals surface area contributed by atoms with E-state index in [1.165, 1.54) is 47.5 Å². The Kier molecular flexibility index (Phi) is 5.79. The molecule has 9 heteroatoms. The van der Waals surface area contributed by atoms with E-state index in [9.17, 15) is 19.7 Å². The van der Waals surface area contributed by atoms with Crippen LogP contribution in [0.1, 0.15) is 10.4 Å². The molecule has 2 aromatic carbocycles. The minimum Gasteiger partial charge on any atom is -0.391 e. The first-order valence-electron chi connectivity index (χ1n) is 8.46. The number of hydrogen-bond donors (Lipinski definition) is 1. The highest BCUT2D eigenvalue weighted by Gasteiger charge is 2.14. The van der Waals surface area contributed by atoms with Gasteiger partial charge in [0.05, 0.1) is 16.8 Å². The summed E-state index contributed by atoms with van der Waals surface area (Å²) in [4.78, 5) is 39.9. The van der Waals surface area contributed by atoms with Crippen molar-refractivity contribution in [1.82, 2.24) is 4.98 Å².